The number of ether oxygens (including phenoxy) is 1. The van der Waals surface area contributed by atoms with Crippen LogP contribution in [0.3, 0.4) is 0 Å². The number of hydrogen-bond donors (Lipinski definition) is 2. The number of nitrogens with one attached hydrogen (secondary N) is 1. The van der Waals surface area contributed by atoms with E-state index in [1.807, 2.05) is 12.1 Å². The predicted molar refractivity (Wildman–Crippen MR) is 125 cm³/mol. The standard InChI is InChI=1S/C24H26FN3O5S/c1-15-3-5-16(6-4-15)17-7-9-18(10-8-17)28-12-11-23(26-28)34(31,32)27-21-14-20(25)19(24(29)30)13-22(21)33-2/h7-16,27H,3-6H2,1-2H3,(H,29,30)/t15-,16-. The van der Waals surface area contributed by atoms with E-state index in [1.54, 1.807) is 0 Å². The average molecular weight is 488 g/mol. The summed E-state index contributed by atoms with van der Waals surface area (Å²) in [6, 6.07) is 10.9. The average Bonchev–Trinajstić information content (AvgIpc) is 3.31. The molecule has 0 bridgehead atoms. The van der Waals surface area contributed by atoms with Crippen molar-refractivity contribution < 1.29 is 27.4 Å². The maximum absolute atomic E-state index is 14.1. The molecule has 0 saturated heterocycles. The molecule has 1 fully saturated rings. The molecule has 1 aromatic heterocycles. The SMILES string of the molecule is COc1cc(C(=O)O)c(F)cc1NS(=O)(=O)c1ccn(-c2ccc([C@H]3CC[C@H](C)CC3)cc2)n1. The summed E-state index contributed by atoms with van der Waals surface area (Å²) < 4.78 is 48.5. The van der Waals surface area contributed by atoms with Crippen molar-refractivity contribution in [2.24, 2.45) is 5.92 Å². The number of methoxy groups -OCH3 is 1. The lowest BCUT2D eigenvalue weighted by Crippen LogP contribution is -2.15. The Morgan fingerprint density at radius 3 is 2.44 bits per heavy atom. The van der Waals surface area contributed by atoms with Gasteiger partial charge in [-0.1, -0.05) is 31.9 Å². The van der Waals surface area contributed by atoms with E-state index in [-0.39, 0.29) is 16.5 Å². The number of carboxylic acids is 1. The molecule has 0 spiro atoms. The molecule has 0 unspecified atom stereocenters. The topological polar surface area (TPSA) is 111 Å². The zero-order valence-electron chi connectivity index (χ0n) is 18.9. The largest absolute Gasteiger partial charge is 0.495 e. The third-order valence-corrected chi connectivity index (χ3v) is 7.51. The van der Waals surface area contributed by atoms with Crippen molar-refractivity contribution in [3.63, 3.8) is 0 Å². The molecule has 2 N–H and O–H groups in total. The Kier molecular flexibility index (Phi) is 6.60. The van der Waals surface area contributed by atoms with Crippen molar-refractivity contribution >= 4 is 21.7 Å². The lowest BCUT2D eigenvalue weighted by atomic mass is 9.79. The van der Waals surface area contributed by atoms with Crippen molar-refractivity contribution in [2.45, 2.75) is 43.6 Å². The molecule has 8 nitrogen and oxygen atoms in total. The molecular formula is C24H26FN3O5S. The Hall–Kier alpha value is -3.40. The first kappa shape index (κ1) is 23.7. The Balaban J connectivity index is 1.53. The summed E-state index contributed by atoms with van der Waals surface area (Å²) in [4.78, 5) is 11.1. The van der Waals surface area contributed by atoms with Gasteiger partial charge in [0.2, 0.25) is 0 Å². The Labute approximate surface area is 197 Å². The van der Waals surface area contributed by atoms with Crippen LogP contribution >= 0.6 is 0 Å². The first-order valence-corrected chi connectivity index (χ1v) is 12.5. The normalized spacial score (nSPS) is 18.4. The van der Waals surface area contributed by atoms with E-state index in [4.69, 9.17) is 9.84 Å². The number of hydrogen-bond acceptors (Lipinski definition) is 5. The van der Waals surface area contributed by atoms with E-state index in [0.717, 1.165) is 18.1 Å². The third kappa shape index (κ3) is 4.91. The molecule has 1 aliphatic carbocycles. The number of carboxylic acid groups (broad SMARTS) is 1. The van der Waals surface area contributed by atoms with Crippen molar-refractivity contribution in [1.82, 2.24) is 9.78 Å². The molecular weight excluding hydrogens is 461 g/mol. The summed E-state index contributed by atoms with van der Waals surface area (Å²) in [5.74, 6) is -1.39. The maximum Gasteiger partial charge on any atom is 0.338 e. The van der Waals surface area contributed by atoms with E-state index >= 15 is 0 Å². The van der Waals surface area contributed by atoms with Gasteiger partial charge in [-0.15, -0.1) is 0 Å². The van der Waals surface area contributed by atoms with Gasteiger partial charge >= 0.3 is 5.97 Å². The molecule has 1 heterocycles. The van der Waals surface area contributed by atoms with Gasteiger partial charge in [0, 0.05) is 12.3 Å². The maximum atomic E-state index is 14.1. The quantitative estimate of drug-likeness (QED) is 0.495. The van der Waals surface area contributed by atoms with Crippen LogP contribution in [-0.2, 0) is 10.0 Å². The van der Waals surface area contributed by atoms with E-state index in [2.05, 4.69) is 28.9 Å². The van der Waals surface area contributed by atoms with Crippen LogP contribution in [0.2, 0.25) is 0 Å². The van der Waals surface area contributed by atoms with E-state index in [1.165, 1.54) is 55.3 Å². The number of nitrogens with zero attached hydrogens (tertiary/aromatic N) is 2. The lowest BCUT2D eigenvalue weighted by Gasteiger charge is -2.26. The number of carbonyl (C=O) groups is 1. The minimum Gasteiger partial charge on any atom is -0.495 e. The summed E-state index contributed by atoms with van der Waals surface area (Å²) >= 11 is 0. The molecule has 1 saturated carbocycles. The number of anilines is 1. The molecule has 10 heteroatoms. The van der Waals surface area contributed by atoms with Crippen LogP contribution in [0.5, 0.6) is 5.75 Å². The van der Waals surface area contributed by atoms with Gasteiger partial charge in [0.15, 0.2) is 5.03 Å². The van der Waals surface area contributed by atoms with Gasteiger partial charge in [0.1, 0.15) is 11.6 Å². The van der Waals surface area contributed by atoms with Gasteiger partial charge in [-0.25, -0.2) is 13.9 Å². The molecule has 0 radical (unpaired) electrons. The number of aromatic carboxylic acids is 1. The summed E-state index contributed by atoms with van der Waals surface area (Å²) in [7, 11) is -2.96. The Bertz CT molecular complexity index is 1300. The number of benzene rings is 2. The zero-order valence-corrected chi connectivity index (χ0v) is 19.7. The first-order valence-electron chi connectivity index (χ1n) is 11.0. The van der Waals surface area contributed by atoms with E-state index < -0.39 is 27.4 Å². The summed E-state index contributed by atoms with van der Waals surface area (Å²) in [5.41, 5.74) is 1.13. The molecule has 1 aliphatic rings. The zero-order chi connectivity index (χ0) is 24.5. The van der Waals surface area contributed by atoms with Crippen LogP contribution in [0.15, 0.2) is 53.7 Å². The smallest absolute Gasteiger partial charge is 0.338 e. The number of aromatic nitrogens is 2. The van der Waals surface area contributed by atoms with Crippen molar-refractivity contribution in [1.29, 1.82) is 0 Å². The fraction of sp³-hybridized carbons (Fsp3) is 0.333. The monoisotopic (exact) mass is 487 g/mol. The van der Waals surface area contributed by atoms with Crippen molar-refractivity contribution in [3.8, 4) is 11.4 Å². The highest BCUT2D eigenvalue weighted by Gasteiger charge is 2.23. The highest BCUT2D eigenvalue weighted by atomic mass is 32.2. The second-order valence-corrected chi connectivity index (χ2v) is 10.2. The Morgan fingerprint density at radius 1 is 1.15 bits per heavy atom. The van der Waals surface area contributed by atoms with Gasteiger partial charge in [0.05, 0.1) is 24.0 Å². The third-order valence-electron chi connectivity index (χ3n) is 6.25. The number of halogens is 1. The highest BCUT2D eigenvalue weighted by Crippen LogP contribution is 2.35. The van der Waals surface area contributed by atoms with E-state index in [0.29, 0.717) is 11.6 Å². The van der Waals surface area contributed by atoms with E-state index in [9.17, 15) is 17.6 Å². The molecule has 34 heavy (non-hydrogen) atoms. The summed E-state index contributed by atoms with van der Waals surface area (Å²) in [6.45, 7) is 2.29. The summed E-state index contributed by atoms with van der Waals surface area (Å²) in [5, 5.41) is 12.9. The molecule has 0 amide bonds. The van der Waals surface area contributed by atoms with Crippen LogP contribution in [0, 0.1) is 11.7 Å². The van der Waals surface area contributed by atoms with Gasteiger partial charge < -0.3 is 9.84 Å². The second kappa shape index (κ2) is 9.46. The Morgan fingerprint density at radius 2 is 1.82 bits per heavy atom. The fourth-order valence-electron chi connectivity index (χ4n) is 4.25. The van der Waals surface area contributed by atoms with Gasteiger partial charge in [-0.05, 0) is 54.5 Å². The molecule has 0 aliphatic heterocycles. The number of rotatable bonds is 7. The van der Waals surface area contributed by atoms with Crippen LogP contribution in [0.4, 0.5) is 10.1 Å². The first-order chi connectivity index (χ1) is 16.2. The predicted octanol–water partition coefficient (Wildman–Crippen LogP) is 4.81. The van der Waals surface area contributed by atoms with Crippen molar-refractivity contribution in [3.05, 3.63) is 65.6 Å². The van der Waals surface area contributed by atoms with Crippen LogP contribution < -0.4 is 9.46 Å². The minimum atomic E-state index is -4.19. The summed E-state index contributed by atoms with van der Waals surface area (Å²) in [6.07, 6.45) is 6.33. The molecule has 3 aromatic rings. The second-order valence-electron chi connectivity index (χ2n) is 8.59. The lowest BCUT2D eigenvalue weighted by molar-refractivity contribution is 0.0691. The van der Waals surface area contributed by atoms with Gasteiger partial charge in [-0.3, -0.25) is 4.72 Å². The van der Waals surface area contributed by atoms with Gasteiger partial charge in [0.25, 0.3) is 10.0 Å². The minimum absolute atomic E-state index is 0.130. The molecule has 2 aromatic carbocycles. The van der Waals surface area contributed by atoms with Crippen LogP contribution in [0.25, 0.3) is 5.69 Å². The van der Waals surface area contributed by atoms with Crippen molar-refractivity contribution in [2.75, 3.05) is 11.8 Å². The van der Waals surface area contributed by atoms with Crippen LogP contribution in [0.1, 0.15) is 54.4 Å². The molecule has 180 valence electrons. The molecule has 0 atom stereocenters. The molecule has 4 rings (SSSR count). The van der Waals surface area contributed by atoms with Gasteiger partial charge in [-0.2, -0.15) is 13.5 Å². The number of sulfonamides is 1. The fourth-order valence-corrected chi connectivity index (χ4v) is 5.24. The highest BCUT2D eigenvalue weighted by molar-refractivity contribution is 7.92. The van der Waals surface area contributed by atoms with Crippen LogP contribution in [-0.4, -0.2) is 36.4 Å².